The minimum absolute atomic E-state index is 0.0282. The van der Waals surface area contributed by atoms with Gasteiger partial charge in [-0.15, -0.1) is 0 Å². The van der Waals surface area contributed by atoms with E-state index < -0.39 is 0 Å². The number of halogens is 1. The Labute approximate surface area is 179 Å². The van der Waals surface area contributed by atoms with E-state index in [9.17, 15) is 9.18 Å². The average Bonchev–Trinajstić information content (AvgIpc) is 3.51. The molecular weight excluding hydrogens is 397 g/mol. The second-order valence-corrected chi connectivity index (χ2v) is 8.38. The van der Waals surface area contributed by atoms with Crippen LogP contribution in [0.3, 0.4) is 0 Å². The van der Waals surface area contributed by atoms with Gasteiger partial charge < -0.3 is 18.9 Å². The summed E-state index contributed by atoms with van der Waals surface area (Å²) in [5.41, 5.74) is 2.81. The summed E-state index contributed by atoms with van der Waals surface area (Å²) < 4.78 is 26.4. The molecule has 7 heteroatoms. The molecule has 6 nitrogen and oxygen atoms in total. The fourth-order valence-corrected chi connectivity index (χ4v) is 4.99. The van der Waals surface area contributed by atoms with E-state index in [0.717, 1.165) is 42.3 Å². The molecule has 1 saturated heterocycles. The fourth-order valence-electron chi connectivity index (χ4n) is 4.99. The third kappa shape index (κ3) is 3.16. The van der Waals surface area contributed by atoms with Crippen molar-refractivity contribution in [3.05, 3.63) is 83.4 Å². The highest BCUT2D eigenvalue weighted by molar-refractivity contribution is 5.94. The van der Waals surface area contributed by atoms with Gasteiger partial charge >= 0.3 is 0 Å². The van der Waals surface area contributed by atoms with Crippen LogP contribution in [0, 0.1) is 5.82 Å². The van der Waals surface area contributed by atoms with Crippen LogP contribution in [0.15, 0.2) is 60.8 Å². The predicted molar refractivity (Wildman–Crippen MR) is 111 cm³/mol. The second kappa shape index (κ2) is 7.13. The monoisotopic (exact) mass is 419 g/mol. The van der Waals surface area contributed by atoms with Crippen molar-refractivity contribution in [2.75, 3.05) is 19.9 Å². The molecule has 1 amide bonds. The first kappa shape index (κ1) is 18.4. The number of carbonyl (C=O) groups excluding carboxylic acids is 1. The molecule has 1 fully saturated rings. The number of hydrogen-bond donors (Lipinski definition) is 0. The minimum Gasteiger partial charge on any atom is -0.454 e. The van der Waals surface area contributed by atoms with Crippen molar-refractivity contribution < 1.29 is 18.7 Å². The van der Waals surface area contributed by atoms with Crippen molar-refractivity contribution >= 4 is 5.91 Å². The third-order valence-electron chi connectivity index (χ3n) is 6.46. The van der Waals surface area contributed by atoms with Gasteiger partial charge in [0.25, 0.3) is 5.91 Å². The number of nitrogens with zero attached hydrogens (tertiary/aromatic N) is 3. The maximum atomic E-state index is 13.3. The molecule has 0 aliphatic carbocycles. The quantitative estimate of drug-likeness (QED) is 0.650. The first-order valence-electron chi connectivity index (χ1n) is 10.5. The molecular formula is C24H22FN3O3. The summed E-state index contributed by atoms with van der Waals surface area (Å²) >= 11 is 0. The van der Waals surface area contributed by atoms with Crippen LogP contribution < -0.4 is 9.47 Å². The van der Waals surface area contributed by atoms with Crippen molar-refractivity contribution in [2.45, 2.75) is 25.2 Å². The van der Waals surface area contributed by atoms with Gasteiger partial charge in [0, 0.05) is 32.4 Å². The number of carbonyl (C=O) groups is 1. The van der Waals surface area contributed by atoms with Crippen molar-refractivity contribution in [3.8, 4) is 11.5 Å². The van der Waals surface area contributed by atoms with E-state index >= 15 is 0 Å². The lowest BCUT2D eigenvalue weighted by Crippen LogP contribution is -2.49. The average molecular weight is 419 g/mol. The second-order valence-electron chi connectivity index (χ2n) is 8.38. The van der Waals surface area contributed by atoms with Crippen molar-refractivity contribution in [1.29, 1.82) is 0 Å². The number of amides is 1. The Kier molecular flexibility index (Phi) is 4.24. The van der Waals surface area contributed by atoms with Crippen molar-refractivity contribution in [3.63, 3.8) is 0 Å². The zero-order valence-corrected chi connectivity index (χ0v) is 16.9. The van der Waals surface area contributed by atoms with Crippen LogP contribution in [-0.2, 0) is 13.1 Å². The molecule has 31 heavy (non-hydrogen) atoms. The number of rotatable bonds is 4. The predicted octanol–water partition coefficient (Wildman–Crippen LogP) is 3.44. The van der Waals surface area contributed by atoms with Gasteiger partial charge in [0.05, 0.1) is 12.1 Å². The first-order chi connectivity index (χ1) is 15.2. The van der Waals surface area contributed by atoms with E-state index in [1.54, 1.807) is 12.1 Å². The van der Waals surface area contributed by atoms with Crippen LogP contribution in [0.1, 0.15) is 27.7 Å². The Morgan fingerprint density at radius 1 is 0.903 bits per heavy atom. The maximum absolute atomic E-state index is 13.3. The van der Waals surface area contributed by atoms with Gasteiger partial charge in [-0.2, -0.15) is 0 Å². The summed E-state index contributed by atoms with van der Waals surface area (Å²) in [5.74, 6) is 1.33. The summed E-state index contributed by atoms with van der Waals surface area (Å²) in [4.78, 5) is 17.6. The first-order valence-corrected chi connectivity index (χ1v) is 10.5. The van der Waals surface area contributed by atoms with Crippen LogP contribution in [0.2, 0.25) is 0 Å². The molecule has 6 rings (SSSR count). The largest absolute Gasteiger partial charge is 0.454 e. The third-order valence-corrected chi connectivity index (χ3v) is 6.46. The van der Waals surface area contributed by atoms with Crippen molar-refractivity contribution in [1.82, 2.24) is 14.4 Å². The molecule has 158 valence electrons. The smallest absolute Gasteiger partial charge is 0.271 e. The topological polar surface area (TPSA) is 46.9 Å². The number of likely N-dealkylation sites (tertiary alicyclic amines) is 1. The lowest BCUT2D eigenvalue weighted by atomic mass is 10.0. The molecule has 0 saturated carbocycles. The van der Waals surface area contributed by atoms with Crippen LogP contribution in [-0.4, -0.2) is 46.2 Å². The highest BCUT2D eigenvalue weighted by atomic mass is 19.1. The summed E-state index contributed by atoms with van der Waals surface area (Å²) in [6.07, 6.45) is 2.00. The zero-order valence-electron chi connectivity index (χ0n) is 16.9. The lowest BCUT2D eigenvalue weighted by molar-refractivity contribution is 0.0556. The Hall–Kier alpha value is -3.32. The SMILES string of the molecule is O=C1c2cccn2[C@@H]2CN(Cc3ccc4c(c3)OCO4)C[C@H]2N1Cc1ccc(F)cc1. The Bertz CT molecular complexity index is 1140. The molecule has 3 aromatic rings. The minimum atomic E-state index is -0.267. The summed E-state index contributed by atoms with van der Waals surface area (Å²) in [6.45, 7) is 3.16. The summed E-state index contributed by atoms with van der Waals surface area (Å²) in [5, 5.41) is 0. The molecule has 0 spiro atoms. The van der Waals surface area contributed by atoms with Gasteiger partial charge in [-0.05, 0) is 47.5 Å². The molecule has 0 unspecified atom stereocenters. The normalized spacial score (nSPS) is 22.0. The van der Waals surface area contributed by atoms with Gasteiger partial charge in [0.1, 0.15) is 11.5 Å². The molecule has 0 N–H and O–H groups in total. The summed E-state index contributed by atoms with van der Waals surface area (Å²) in [7, 11) is 0. The van der Waals surface area contributed by atoms with Gasteiger partial charge in [-0.1, -0.05) is 18.2 Å². The van der Waals surface area contributed by atoms with E-state index in [1.165, 1.54) is 12.1 Å². The fraction of sp³-hybridized carbons (Fsp3) is 0.292. The highest BCUT2D eigenvalue weighted by Crippen LogP contribution is 2.37. The Morgan fingerprint density at radius 2 is 1.68 bits per heavy atom. The standard InChI is InChI=1S/C24H22FN3O3/c25-18-6-3-16(4-7-18)12-28-21-14-26(11-17-5-8-22-23(10-17)31-15-30-22)13-20(21)27-9-1-2-19(27)24(28)29/h1-10,20-21H,11-15H2/t20-,21-/m1/s1. The number of aromatic nitrogens is 1. The van der Waals surface area contributed by atoms with Gasteiger partial charge in [0.2, 0.25) is 6.79 Å². The molecule has 3 aliphatic rings. The van der Waals surface area contributed by atoms with Gasteiger partial charge in [-0.25, -0.2) is 4.39 Å². The van der Waals surface area contributed by atoms with Crippen LogP contribution in [0.4, 0.5) is 4.39 Å². The zero-order chi connectivity index (χ0) is 20.9. The Balaban J connectivity index is 1.27. The number of ether oxygens (including phenoxy) is 2. The van der Waals surface area contributed by atoms with Gasteiger partial charge in [0.15, 0.2) is 11.5 Å². The highest BCUT2D eigenvalue weighted by Gasteiger charge is 2.44. The molecule has 2 atom stereocenters. The molecule has 1 aromatic heterocycles. The van der Waals surface area contributed by atoms with E-state index in [4.69, 9.17) is 9.47 Å². The van der Waals surface area contributed by atoms with Gasteiger partial charge in [-0.3, -0.25) is 9.69 Å². The van der Waals surface area contributed by atoms with Crippen LogP contribution >= 0.6 is 0 Å². The molecule has 0 bridgehead atoms. The number of fused-ring (bicyclic) bond motifs is 4. The Morgan fingerprint density at radius 3 is 2.55 bits per heavy atom. The molecule has 4 heterocycles. The molecule has 0 radical (unpaired) electrons. The lowest BCUT2D eigenvalue weighted by Gasteiger charge is -2.38. The maximum Gasteiger partial charge on any atom is 0.271 e. The van der Waals surface area contributed by atoms with E-state index in [0.29, 0.717) is 12.2 Å². The van der Waals surface area contributed by atoms with Crippen LogP contribution in [0.25, 0.3) is 0 Å². The van der Waals surface area contributed by atoms with E-state index in [-0.39, 0.29) is 30.6 Å². The van der Waals surface area contributed by atoms with Crippen molar-refractivity contribution in [2.24, 2.45) is 0 Å². The molecule has 3 aliphatic heterocycles. The molecule has 2 aromatic carbocycles. The van der Waals surface area contributed by atoms with E-state index in [2.05, 4.69) is 15.5 Å². The summed E-state index contributed by atoms with van der Waals surface area (Å²) in [6, 6.07) is 16.5. The number of benzene rings is 2. The van der Waals surface area contributed by atoms with E-state index in [1.807, 2.05) is 35.4 Å². The number of hydrogen-bond acceptors (Lipinski definition) is 4. The van der Waals surface area contributed by atoms with Crippen LogP contribution in [0.5, 0.6) is 11.5 Å².